The molecule has 0 saturated carbocycles. The summed E-state index contributed by atoms with van der Waals surface area (Å²) in [6, 6.07) is 24.5. The minimum atomic E-state index is 0. The standard InChI is InChI=1S/C31H32ClN5O.2ClH/c1-22-16-29(31-33-27-12-10-24(17-28(27)34-31)19-36-14-6-3-7-15-36)35-37(22)20-25-18-26(32)11-13-30(25)38-21-23-8-4-2-5-9-23;;/h2,4-5,8-13,16-18H,3,6-7,14-15,19-21H2,1H3,(H,33,34);2*1H. The van der Waals surface area contributed by atoms with Gasteiger partial charge in [-0.1, -0.05) is 54.4 Å². The molecule has 0 unspecified atom stereocenters. The van der Waals surface area contributed by atoms with Crippen LogP contribution in [0.2, 0.25) is 5.02 Å². The first-order chi connectivity index (χ1) is 18.6. The van der Waals surface area contributed by atoms with Crippen molar-refractivity contribution in [3.63, 3.8) is 0 Å². The first kappa shape index (κ1) is 29.9. The van der Waals surface area contributed by atoms with Crippen molar-refractivity contribution in [1.82, 2.24) is 24.6 Å². The number of rotatable bonds is 8. The van der Waals surface area contributed by atoms with Crippen molar-refractivity contribution in [2.24, 2.45) is 0 Å². The molecule has 0 aliphatic carbocycles. The number of halogens is 3. The lowest BCUT2D eigenvalue weighted by Gasteiger charge is -2.26. The number of imidazole rings is 1. The minimum absolute atomic E-state index is 0. The third-order valence-corrected chi connectivity index (χ3v) is 7.44. The molecule has 0 amide bonds. The molecule has 6 nitrogen and oxygen atoms in total. The second-order valence-corrected chi connectivity index (χ2v) is 10.6. The molecule has 9 heteroatoms. The Labute approximate surface area is 252 Å². The lowest BCUT2D eigenvalue weighted by Crippen LogP contribution is -2.29. The summed E-state index contributed by atoms with van der Waals surface area (Å²) in [5.41, 5.74) is 7.30. The van der Waals surface area contributed by atoms with Crippen LogP contribution in [0.5, 0.6) is 5.75 Å². The summed E-state index contributed by atoms with van der Waals surface area (Å²) < 4.78 is 8.14. The molecule has 1 N–H and O–H groups in total. The molecule has 3 heterocycles. The summed E-state index contributed by atoms with van der Waals surface area (Å²) >= 11 is 6.36. The van der Waals surface area contributed by atoms with Gasteiger partial charge in [0, 0.05) is 22.8 Å². The van der Waals surface area contributed by atoms with Gasteiger partial charge in [-0.15, -0.1) is 24.8 Å². The Balaban J connectivity index is 0.00000185. The third-order valence-electron chi connectivity index (χ3n) is 7.20. The fourth-order valence-corrected chi connectivity index (χ4v) is 5.34. The molecule has 3 aromatic carbocycles. The molecule has 0 bridgehead atoms. The van der Waals surface area contributed by atoms with E-state index in [9.17, 15) is 0 Å². The van der Waals surface area contributed by atoms with Gasteiger partial charge in [0.15, 0.2) is 5.82 Å². The normalized spacial score (nSPS) is 13.6. The number of hydrogen-bond donors (Lipinski definition) is 1. The van der Waals surface area contributed by atoms with Crippen molar-refractivity contribution in [1.29, 1.82) is 0 Å². The highest BCUT2D eigenvalue weighted by Crippen LogP contribution is 2.27. The lowest BCUT2D eigenvalue weighted by molar-refractivity contribution is 0.221. The van der Waals surface area contributed by atoms with E-state index >= 15 is 0 Å². The van der Waals surface area contributed by atoms with Gasteiger partial charge in [-0.3, -0.25) is 9.58 Å². The van der Waals surface area contributed by atoms with Crippen molar-refractivity contribution in [2.45, 2.75) is 45.9 Å². The number of nitrogens with zero attached hydrogens (tertiary/aromatic N) is 4. The largest absolute Gasteiger partial charge is 0.489 e. The molecule has 6 rings (SSSR count). The minimum Gasteiger partial charge on any atom is -0.489 e. The monoisotopic (exact) mass is 597 g/mol. The number of benzene rings is 3. The van der Waals surface area contributed by atoms with Gasteiger partial charge in [0.1, 0.15) is 18.1 Å². The van der Waals surface area contributed by atoms with Crippen LogP contribution in [-0.4, -0.2) is 37.7 Å². The summed E-state index contributed by atoms with van der Waals surface area (Å²) in [4.78, 5) is 10.9. The van der Waals surface area contributed by atoms with Gasteiger partial charge >= 0.3 is 0 Å². The van der Waals surface area contributed by atoms with Crippen LogP contribution in [0.25, 0.3) is 22.6 Å². The number of piperidine rings is 1. The van der Waals surface area contributed by atoms with Gasteiger partial charge in [-0.2, -0.15) is 5.10 Å². The SMILES string of the molecule is Cc1cc(-c2nc3ccc(CN4CCCCC4)cc3[nH]2)nn1Cc1cc(Cl)ccc1OCc1ccccc1.Cl.Cl. The van der Waals surface area contributed by atoms with E-state index in [-0.39, 0.29) is 24.8 Å². The van der Waals surface area contributed by atoms with Gasteiger partial charge < -0.3 is 9.72 Å². The van der Waals surface area contributed by atoms with E-state index in [0.717, 1.165) is 51.7 Å². The van der Waals surface area contributed by atoms with E-state index < -0.39 is 0 Å². The second kappa shape index (κ2) is 13.6. The number of ether oxygens (including phenoxy) is 1. The van der Waals surface area contributed by atoms with Gasteiger partial charge in [-0.05, 0) is 80.4 Å². The number of fused-ring (bicyclic) bond motifs is 1. The summed E-state index contributed by atoms with van der Waals surface area (Å²) in [6.45, 7) is 6.48. The third kappa shape index (κ3) is 6.99. The number of nitrogens with one attached hydrogen (secondary N) is 1. The predicted molar refractivity (Wildman–Crippen MR) is 167 cm³/mol. The van der Waals surface area contributed by atoms with E-state index in [1.807, 2.05) is 41.1 Å². The number of aromatic nitrogens is 4. The van der Waals surface area contributed by atoms with Crippen molar-refractivity contribution < 1.29 is 4.74 Å². The zero-order chi connectivity index (χ0) is 25.9. The molecule has 1 fully saturated rings. The highest BCUT2D eigenvalue weighted by molar-refractivity contribution is 6.30. The van der Waals surface area contributed by atoms with Crippen molar-refractivity contribution in [3.8, 4) is 17.3 Å². The van der Waals surface area contributed by atoms with Crippen LogP contribution in [0.3, 0.4) is 0 Å². The molecule has 1 aliphatic heterocycles. The van der Waals surface area contributed by atoms with Crippen molar-refractivity contribution in [2.75, 3.05) is 13.1 Å². The summed E-state index contributed by atoms with van der Waals surface area (Å²) in [6.07, 6.45) is 3.95. The molecule has 0 radical (unpaired) electrons. The van der Waals surface area contributed by atoms with Crippen LogP contribution in [-0.2, 0) is 19.7 Å². The van der Waals surface area contributed by atoms with Crippen LogP contribution in [0, 0.1) is 6.92 Å². The van der Waals surface area contributed by atoms with Crippen molar-refractivity contribution >= 4 is 47.4 Å². The van der Waals surface area contributed by atoms with Crippen LogP contribution in [0.1, 0.15) is 41.6 Å². The molecule has 0 atom stereocenters. The Morgan fingerprint density at radius 2 is 1.68 bits per heavy atom. The number of aromatic amines is 1. The quantitative estimate of drug-likeness (QED) is 0.198. The van der Waals surface area contributed by atoms with E-state index in [0.29, 0.717) is 18.2 Å². The number of hydrogen-bond acceptors (Lipinski definition) is 4. The Hall–Kier alpha value is -3.03. The second-order valence-electron chi connectivity index (χ2n) is 10.1. The maximum atomic E-state index is 6.36. The van der Waals surface area contributed by atoms with Gasteiger partial charge in [0.25, 0.3) is 0 Å². The molecule has 1 aliphatic rings. The molecular weight excluding hydrogens is 565 g/mol. The predicted octanol–water partition coefficient (Wildman–Crippen LogP) is 7.85. The van der Waals surface area contributed by atoms with Crippen LogP contribution < -0.4 is 4.74 Å². The molecule has 0 spiro atoms. The molecule has 210 valence electrons. The molecular formula is C31H34Cl3N5O. The molecule has 5 aromatic rings. The van der Waals surface area contributed by atoms with Gasteiger partial charge in [0.2, 0.25) is 0 Å². The number of aryl methyl sites for hydroxylation is 1. The average molecular weight is 599 g/mol. The van der Waals surface area contributed by atoms with Crippen molar-refractivity contribution in [3.05, 3.63) is 100 Å². The summed E-state index contributed by atoms with van der Waals surface area (Å²) in [5.74, 6) is 1.59. The highest BCUT2D eigenvalue weighted by Gasteiger charge is 2.15. The molecule has 40 heavy (non-hydrogen) atoms. The highest BCUT2D eigenvalue weighted by atomic mass is 35.5. The maximum absolute atomic E-state index is 6.36. The number of H-pyrrole nitrogens is 1. The fraction of sp³-hybridized carbons (Fsp3) is 0.290. The van der Waals surface area contributed by atoms with Gasteiger partial charge in [-0.25, -0.2) is 4.98 Å². The smallest absolute Gasteiger partial charge is 0.159 e. The Kier molecular flexibility index (Phi) is 10.1. The number of likely N-dealkylation sites (tertiary alicyclic amines) is 1. The van der Waals surface area contributed by atoms with E-state index in [1.165, 1.54) is 37.9 Å². The Morgan fingerprint density at radius 1 is 0.875 bits per heavy atom. The van der Waals surface area contributed by atoms with Crippen LogP contribution in [0.4, 0.5) is 0 Å². The summed E-state index contributed by atoms with van der Waals surface area (Å²) in [7, 11) is 0. The Morgan fingerprint density at radius 3 is 2.48 bits per heavy atom. The van der Waals surface area contributed by atoms with Crippen LogP contribution in [0.15, 0.2) is 72.8 Å². The van der Waals surface area contributed by atoms with E-state index in [4.69, 9.17) is 26.4 Å². The van der Waals surface area contributed by atoms with Gasteiger partial charge in [0.05, 0.1) is 17.6 Å². The summed E-state index contributed by atoms with van der Waals surface area (Å²) in [5, 5.41) is 5.57. The molecule has 2 aromatic heterocycles. The zero-order valence-electron chi connectivity index (χ0n) is 22.5. The van der Waals surface area contributed by atoms with Crippen LogP contribution >= 0.6 is 36.4 Å². The first-order valence-electron chi connectivity index (χ1n) is 13.3. The zero-order valence-corrected chi connectivity index (χ0v) is 24.9. The van der Waals surface area contributed by atoms with E-state index in [2.05, 4.69) is 53.2 Å². The lowest BCUT2D eigenvalue weighted by atomic mass is 10.1. The Bertz CT molecular complexity index is 1540. The van der Waals surface area contributed by atoms with E-state index in [1.54, 1.807) is 0 Å². The maximum Gasteiger partial charge on any atom is 0.159 e. The fourth-order valence-electron chi connectivity index (χ4n) is 5.15. The first-order valence-corrected chi connectivity index (χ1v) is 13.7. The topological polar surface area (TPSA) is 59.0 Å². The average Bonchev–Trinajstić information content (AvgIpc) is 3.52. The molecule has 1 saturated heterocycles.